The Bertz CT molecular complexity index is 628. The number of carbonyl (C=O) groups excluding carboxylic acids is 1. The van der Waals surface area contributed by atoms with Crippen LogP contribution in [0.1, 0.15) is 15.9 Å². The maximum absolute atomic E-state index is 13.7. The van der Waals surface area contributed by atoms with Gasteiger partial charge in [0.05, 0.1) is 10.0 Å². The van der Waals surface area contributed by atoms with E-state index in [2.05, 4.69) is 15.9 Å². The van der Waals surface area contributed by atoms with Crippen LogP contribution in [0.2, 0.25) is 0 Å². The molecule has 0 aliphatic carbocycles. The Balaban J connectivity index is 2.53. The molecule has 0 fully saturated rings. The molecule has 5 heteroatoms. The molecule has 0 radical (unpaired) electrons. The van der Waals surface area contributed by atoms with Crippen molar-refractivity contribution < 1.29 is 13.6 Å². The van der Waals surface area contributed by atoms with Crippen molar-refractivity contribution in [1.29, 1.82) is 0 Å². The summed E-state index contributed by atoms with van der Waals surface area (Å²) in [6, 6.07) is 8.65. The Morgan fingerprint density at radius 2 is 1.72 bits per heavy atom. The van der Waals surface area contributed by atoms with E-state index in [9.17, 15) is 13.6 Å². The van der Waals surface area contributed by atoms with Gasteiger partial charge in [-0.15, -0.1) is 0 Å². The third kappa shape index (κ3) is 2.61. The maximum atomic E-state index is 13.7. The van der Waals surface area contributed by atoms with Gasteiger partial charge in [-0.3, -0.25) is 4.79 Å². The molecule has 92 valence electrons. The number of ketones is 1. The Morgan fingerprint density at radius 1 is 1.06 bits per heavy atom. The first-order valence-corrected chi connectivity index (χ1v) is 6.81. The molecule has 2 aromatic rings. The summed E-state index contributed by atoms with van der Waals surface area (Å²) >= 11 is 4.86. The fraction of sp³-hybridized carbons (Fsp3) is 0. The maximum Gasteiger partial charge on any atom is 0.197 e. The minimum atomic E-state index is -0.743. The highest BCUT2D eigenvalue weighted by atomic mass is 127. The first-order valence-electron chi connectivity index (χ1n) is 4.94. The first kappa shape index (κ1) is 13.6. The molecule has 0 saturated heterocycles. The number of hydrogen-bond donors (Lipinski definition) is 0. The van der Waals surface area contributed by atoms with Crippen molar-refractivity contribution in [2.24, 2.45) is 0 Å². The van der Waals surface area contributed by atoms with E-state index >= 15 is 0 Å². The van der Waals surface area contributed by atoms with Gasteiger partial charge in [0.2, 0.25) is 0 Å². The molecule has 0 bridgehead atoms. The van der Waals surface area contributed by atoms with Crippen molar-refractivity contribution >= 4 is 44.3 Å². The average Bonchev–Trinajstić information content (AvgIpc) is 2.33. The van der Waals surface area contributed by atoms with E-state index in [4.69, 9.17) is 0 Å². The molecule has 0 aliphatic heterocycles. The van der Waals surface area contributed by atoms with E-state index in [-0.39, 0.29) is 10.0 Å². The molecule has 1 nitrogen and oxygen atoms in total. The van der Waals surface area contributed by atoms with E-state index in [0.29, 0.717) is 9.13 Å². The molecular weight excluding hydrogens is 417 g/mol. The standard InChI is InChI=1S/C13H6BrF2IO/c14-9-6-10(15)8(5-11(9)16)13(18)7-3-1-2-4-12(7)17/h1-6H. The quantitative estimate of drug-likeness (QED) is 0.394. The van der Waals surface area contributed by atoms with Crippen LogP contribution in [0.4, 0.5) is 8.78 Å². The highest BCUT2D eigenvalue weighted by Gasteiger charge is 2.18. The Hall–Kier alpha value is -0.820. The molecule has 0 heterocycles. The molecule has 2 rings (SSSR count). The van der Waals surface area contributed by atoms with Crippen molar-refractivity contribution in [2.75, 3.05) is 0 Å². The van der Waals surface area contributed by atoms with Crippen LogP contribution in [0.3, 0.4) is 0 Å². The lowest BCUT2D eigenvalue weighted by Gasteiger charge is -2.06. The van der Waals surface area contributed by atoms with E-state index in [1.807, 2.05) is 22.6 Å². The van der Waals surface area contributed by atoms with Gasteiger partial charge in [0.1, 0.15) is 11.6 Å². The minimum Gasteiger partial charge on any atom is -0.288 e. The predicted molar refractivity (Wildman–Crippen MR) is 76.6 cm³/mol. The van der Waals surface area contributed by atoms with Crippen molar-refractivity contribution in [1.82, 2.24) is 0 Å². The Morgan fingerprint density at radius 3 is 2.39 bits per heavy atom. The van der Waals surface area contributed by atoms with Gasteiger partial charge in [0.15, 0.2) is 5.78 Å². The van der Waals surface area contributed by atoms with Crippen LogP contribution in [0.5, 0.6) is 0 Å². The van der Waals surface area contributed by atoms with E-state index in [1.165, 1.54) is 0 Å². The highest BCUT2D eigenvalue weighted by molar-refractivity contribution is 14.1. The van der Waals surface area contributed by atoms with Gasteiger partial charge in [-0.05, 0) is 62.8 Å². The van der Waals surface area contributed by atoms with Crippen LogP contribution in [0.15, 0.2) is 40.9 Å². The van der Waals surface area contributed by atoms with Crippen LogP contribution < -0.4 is 0 Å². The van der Waals surface area contributed by atoms with Crippen molar-refractivity contribution in [3.63, 3.8) is 0 Å². The van der Waals surface area contributed by atoms with Crippen molar-refractivity contribution in [3.8, 4) is 0 Å². The molecule has 2 aromatic carbocycles. The molecule has 0 atom stereocenters. The van der Waals surface area contributed by atoms with Crippen LogP contribution >= 0.6 is 38.5 Å². The summed E-state index contributed by atoms with van der Waals surface area (Å²) in [4.78, 5) is 12.1. The number of halogens is 4. The van der Waals surface area contributed by atoms with Crippen molar-refractivity contribution in [2.45, 2.75) is 0 Å². The molecule has 0 unspecified atom stereocenters. The third-order valence-electron chi connectivity index (χ3n) is 2.37. The Kier molecular flexibility index (Phi) is 4.11. The number of hydrogen-bond acceptors (Lipinski definition) is 1. The molecule has 0 spiro atoms. The third-order valence-corrected chi connectivity index (χ3v) is 3.92. The van der Waals surface area contributed by atoms with Gasteiger partial charge >= 0.3 is 0 Å². The van der Waals surface area contributed by atoms with Crippen LogP contribution in [-0.4, -0.2) is 5.78 Å². The lowest BCUT2D eigenvalue weighted by molar-refractivity contribution is 0.103. The summed E-state index contributed by atoms with van der Waals surface area (Å²) in [6.45, 7) is 0. The smallest absolute Gasteiger partial charge is 0.197 e. The summed E-state index contributed by atoms with van der Waals surface area (Å²) in [7, 11) is 0. The minimum absolute atomic E-state index is 0.000640. The molecule has 0 aliphatic rings. The van der Waals surface area contributed by atoms with Crippen LogP contribution in [0.25, 0.3) is 0 Å². The first-order chi connectivity index (χ1) is 8.50. The molecule has 0 N–H and O–H groups in total. The zero-order valence-electron chi connectivity index (χ0n) is 8.88. The van der Waals surface area contributed by atoms with Gasteiger partial charge in [-0.25, -0.2) is 8.78 Å². The lowest BCUT2D eigenvalue weighted by Crippen LogP contribution is -2.07. The average molecular weight is 423 g/mol. The largest absolute Gasteiger partial charge is 0.288 e. The van der Waals surface area contributed by atoms with Crippen LogP contribution in [-0.2, 0) is 0 Å². The van der Waals surface area contributed by atoms with E-state index in [0.717, 1.165) is 12.1 Å². The SMILES string of the molecule is O=C(c1cc(F)c(Br)cc1F)c1ccccc1I. The molecule has 18 heavy (non-hydrogen) atoms. The zero-order chi connectivity index (χ0) is 13.3. The van der Waals surface area contributed by atoms with Gasteiger partial charge in [0, 0.05) is 9.13 Å². The van der Waals surface area contributed by atoms with E-state index in [1.54, 1.807) is 24.3 Å². The topological polar surface area (TPSA) is 17.1 Å². The van der Waals surface area contributed by atoms with Crippen LogP contribution in [0, 0.1) is 15.2 Å². The monoisotopic (exact) mass is 422 g/mol. The summed E-state index contributed by atoms with van der Waals surface area (Å²) in [5.41, 5.74) is 0.0959. The number of carbonyl (C=O) groups is 1. The van der Waals surface area contributed by atoms with Gasteiger partial charge in [-0.2, -0.15) is 0 Å². The second-order valence-corrected chi connectivity index (χ2v) is 5.57. The number of rotatable bonds is 2. The van der Waals surface area contributed by atoms with Gasteiger partial charge in [0.25, 0.3) is 0 Å². The summed E-state index contributed by atoms with van der Waals surface area (Å²) in [6.07, 6.45) is 0. The molecule has 0 aromatic heterocycles. The predicted octanol–water partition coefficient (Wildman–Crippen LogP) is 4.56. The highest BCUT2D eigenvalue weighted by Crippen LogP contribution is 2.23. The summed E-state index contributed by atoms with van der Waals surface area (Å²) in [5.74, 6) is -1.93. The summed E-state index contributed by atoms with van der Waals surface area (Å²) < 4.78 is 27.7. The van der Waals surface area contributed by atoms with Crippen molar-refractivity contribution in [3.05, 3.63) is 67.2 Å². The molecular formula is C13H6BrF2IO. The molecule has 0 saturated carbocycles. The molecule has 0 amide bonds. The normalized spacial score (nSPS) is 10.4. The second-order valence-electron chi connectivity index (χ2n) is 3.56. The fourth-order valence-corrected chi connectivity index (χ4v) is 2.43. The lowest BCUT2D eigenvalue weighted by atomic mass is 10.0. The Labute approximate surface area is 124 Å². The zero-order valence-corrected chi connectivity index (χ0v) is 12.6. The van der Waals surface area contributed by atoms with Gasteiger partial charge in [-0.1, -0.05) is 12.1 Å². The summed E-state index contributed by atoms with van der Waals surface area (Å²) in [5, 5.41) is 0. The fourth-order valence-electron chi connectivity index (χ4n) is 1.49. The number of benzene rings is 2. The van der Waals surface area contributed by atoms with Gasteiger partial charge < -0.3 is 0 Å². The second kappa shape index (κ2) is 5.44. The van der Waals surface area contributed by atoms with E-state index < -0.39 is 17.4 Å².